The number of carboxylic acids is 1. The van der Waals surface area contributed by atoms with E-state index >= 15 is 0 Å². The molecule has 0 bridgehead atoms. The van der Waals surface area contributed by atoms with Crippen molar-refractivity contribution >= 4 is 17.6 Å². The number of aromatic carboxylic acids is 1. The number of unbranched alkanes of at least 4 members (excludes halogenated alkanes) is 5. The van der Waals surface area contributed by atoms with Crippen LogP contribution in [0.25, 0.3) is 0 Å². The molecule has 5 nitrogen and oxygen atoms in total. The van der Waals surface area contributed by atoms with Gasteiger partial charge in [-0.25, -0.2) is 4.79 Å². The lowest BCUT2D eigenvalue weighted by atomic mass is 10.1. The predicted octanol–water partition coefficient (Wildman–Crippen LogP) is 4.29. The van der Waals surface area contributed by atoms with Crippen LogP contribution >= 0.6 is 0 Å². The average molecular weight is 349 g/mol. The number of hydrogen-bond donors (Lipinski definition) is 1. The van der Waals surface area contributed by atoms with Gasteiger partial charge in [-0.3, -0.25) is 4.79 Å². The van der Waals surface area contributed by atoms with Gasteiger partial charge in [0, 0.05) is 13.7 Å². The minimum absolute atomic E-state index is 0.0269. The number of amides is 1. The fourth-order valence-corrected chi connectivity index (χ4v) is 2.63. The molecule has 0 fully saturated rings. The molecule has 0 aliphatic carbocycles. The van der Waals surface area contributed by atoms with Crippen molar-refractivity contribution in [2.45, 2.75) is 58.8 Å². The summed E-state index contributed by atoms with van der Waals surface area (Å²) < 4.78 is 5.46. The number of anilines is 1. The van der Waals surface area contributed by atoms with Crippen molar-refractivity contribution in [3.05, 3.63) is 29.3 Å². The molecule has 0 aromatic heterocycles. The van der Waals surface area contributed by atoms with Crippen LogP contribution in [0.3, 0.4) is 0 Å². The molecule has 140 valence electrons. The molecule has 0 unspecified atom stereocenters. The highest BCUT2D eigenvalue weighted by Crippen LogP contribution is 2.22. The van der Waals surface area contributed by atoms with Crippen LogP contribution in [-0.4, -0.2) is 37.2 Å². The van der Waals surface area contributed by atoms with Gasteiger partial charge in [-0.05, 0) is 30.5 Å². The Morgan fingerprint density at radius 3 is 2.40 bits per heavy atom. The van der Waals surface area contributed by atoms with E-state index in [0.29, 0.717) is 12.3 Å². The van der Waals surface area contributed by atoms with Gasteiger partial charge in [0.2, 0.25) is 0 Å². The summed E-state index contributed by atoms with van der Waals surface area (Å²) in [5.74, 6) is -1.27. The maximum absolute atomic E-state index is 12.3. The third kappa shape index (κ3) is 7.26. The number of carbonyl (C=O) groups is 2. The monoisotopic (exact) mass is 349 g/mol. The molecule has 0 atom stereocenters. The Bertz CT molecular complexity index is 557. The second-order valence-electron chi connectivity index (χ2n) is 6.28. The lowest BCUT2D eigenvalue weighted by molar-refractivity contribution is -0.122. The van der Waals surface area contributed by atoms with Crippen LogP contribution in [0.2, 0.25) is 0 Å². The van der Waals surface area contributed by atoms with Crippen molar-refractivity contribution < 1.29 is 19.4 Å². The minimum Gasteiger partial charge on any atom is -0.478 e. The molecule has 0 saturated carbocycles. The molecule has 5 heteroatoms. The van der Waals surface area contributed by atoms with Gasteiger partial charge in [-0.15, -0.1) is 0 Å². The van der Waals surface area contributed by atoms with E-state index < -0.39 is 5.97 Å². The molecule has 0 aliphatic heterocycles. The van der Waals surface area contributed by atoms with Crippen molar-refractivity contribution in [1.29, 1.82) is 0 Å². The number of carbonyl (C=O) groups excluding carboxylic acids is 1. The third-order valence-corrected chi connectivity index (χ3v) is 4.30. The molecular formula is C20H31NO4. The van der Waals surface area contributed by atoms with Gasteiger partial charge in [-0.2, -0.15) is 0 Å². The molecule has 1 aromatic rings. The van der Waals surface area contributed by atoms with Crippen molar-refractivity contribution in [2.24, 2.45) is 0 Å². The molecular weight excluding hydrogens is 318 g/mol. The van der Waals surface area contributed by atoms with Crippen molar-refractivity contribution in [3.63, 3.8) is 0 Å². The second-order valence-corrected chi connectivity index (χ2v) is 6.28. The SMILES string of the molecule is CCCCCCCCOCC(=O)N(C)c1cc(CC)ccc1C(=O)O. The largest absolute Gasteiger partial charge is 0.478 e. The Morgan fingerprint density at radius 1 is 1.08 bits per heavy atom. The summed E-state index contributed by atoms with van der Waals surface area (Å²) in [7, 11) is 1.59. The first-order chi connectivity index (χ1) is 12.0. The molecule has 1 amide bonds. The predicted molar refractivity (Wildman–Crippen MR) is 100 cm³/mol. The number of hydrogen-bond acceptors (Lipinski definition) is 3. The van der Waals surface area contributed by atoms with Gasteiger partial charge in [0.15, 0.2) is 0 Å². The number of nitrogens with zero attached hydrogens (tertiary/aromatic N) is 1. The molecule has 0 saturated heterocycles. The van der Waals surface area contributed by atoms with Gasteiger partial charge >= 0.3 is 5.97 Å². The topological polar surface area (TPSA) is 66.8 Å². The highest BCUT2D eigenvalue weighted by atomic mass is 16.5. The van der Waals surface area contributed by atoms with E-state index in [-0.39, 0.29) is 18.1 Å². The maximum atomic E-state index is 12.3. The van der Waals surface area contributed by atoms with Crippen LogP contribution < -0.4 is 4.90 Å². The van der Waals surface area contributed by atoms with E-state index in [1.807, 2.05) is 6.92 Å². The normalized spacial score (nSPS) is 10.7. The van der Waals surface area contributed by atoms with Crippen LogP contribution in [-0.2, 0) is 16.0 Å². The van der Waals surface area contributed by atoms with Gasteiger partial charge < -0.3 is 14.7 Å². The van der Waals surface area contributed by atoms with Crippen molar-refractivity contribution in [2.75, 3.05) is 25.2 Å². The van der Waals surface area contributed by atoms with Crippen LogP contribution in [0.15, 0.2) is 18.2 Å². The van der Waals surface area contributed by atoms with E-state index in [9.17, 15) is 14.7 Å². The summed E-state index contributed by atoms with van der Waals surface area (Å²) >= 11 is 0. The number of carboxylic acid groups (broad SMARTS) is 1. The van der Waals surface area contributed by atoms with Crippen LogP contribution in [0.4, 0.5) is 5.69 Å². The highest BCUT2D eigenvalue weighted by Gasteiger charge is 2.18. The summed E-state index contributed by atoms with van der Waals surface area (Å²) in [5.41, 5.74) is 1.54. The van der Waals surface area contributed by atoms with E-state index in [1.54, 1.807) is 25.2 Å². The molecule has 1 N–H and O–H groups in total. The summed E-state index contributed by atoms with van der Waals surface area (Å²) in [5, 5.41) is 9.33. The molecule has 0 radical (unpaired) electrons. The lowest BCUT2D eigenvalue weighted by Gasteiger charge is -2.20. The molecule has 0 aliphatic rings. The van der Waals surface area contributed by atoms with Gasteiger partial charge in [0.1, 0.15) is 6.61 Å². The van der Waals surface area contributed by atoms with E-state index in [2.05, 4.69) is 6.92 Å². The fourth-order valence-electron chi connectivity index (χ4n) is 2.63. The summed E-state index contributed by atoms with van der Waals surface area (Å²) in [6.45, 7) is 4.72. The Morgan fingerprint density at radius 2 is 1.76 bits per heavy atom. The van der Waals surface area contributed by atoms with Crippen LogP contribution in [0, 0.1) is 0 Å². The summed E-state index contributed by atoms with van der Waals surface area (Å²) in [4.78, 5) is 25.1. The smallest absolute Gasteiger partial charge is 0.337 e. The molecule has 1 rings (SSSR count). The van der Waals surface area contributed by atoms with Crippen LogP contribution in [0.1, 0.15) is 68.3 Å². The molecule has 0 heterocycles. The van der Waals surface area contributed by atoms with Crippen molar-refractivity contribution in [3.8, 4) is 0 Å². The summed E-state index contributed by atoms with van der Waals surface area (Å²) in [6, 6.07) is 5.09. The number of aryl methyl sites for hydroxylation is 1. The highest BCUT2D eigenvalue weighted by molar-refractivity contribution is 6.02. The zero-order chi connectivity index (χ0) is 18.7. The van der Waals surface area contributed by atoms with Crippen LogP contribution in [0.5, 0.6) is 0 Å². The lowest BCUT2D eigenvalue weighted by Crippen LogP contribution is -2.31. The Labute approximate surface area is 151 Å². The first-order valence-electron chi connectivity index (χ1n) is 9.21. The zero-order valence-electron chi connectivity index (χ0n) is 15.7. The first kappa shape index (κ1) is 21.2. The third-order valence-electron chi connectivity index (χ3n) is 4.30. The number of rotatable bonds is 12. The molecule has 1 aromatic carbocycles. The molecule has 25 heavy (non-hydrogen) atoms. The van der Waals surface area contributed by atoms with Gasteiger partial charge in [0.05, 0.1) is 11.3 Å². The average Bonchev–Trinajstić information content (AvgIpc) is 2.62. The van der Waals surface area contributed by atoms with Crippen molar-refractivity contribution in [1.82, 2.24) is 0 Å². The standard InChI is InChI=1S/C20H31NO4/c1-4-6-7-8-9-10-13-25-15-19(22)21(3)18-14-16(5-2)11-12-17(18)20(23)24/h11-12,14H,4-10,13,15H2,1-3H3,(H,23,24). The second kappa shape index (κ2) is 11.6. The fraction of sp³-hybridized carbons (Fsp3) is 0.600. The Balaban J connectivity index is 2.49. The van der Waals surface area contributed by atoms with Gasteiger partial charge in [0.25, 0.3) is 5.91 Å². The number of ether oxygens (including phenoxy) is 1. The first-order valence-corrected chi connectivity index (χ1v) is 9.21. The van der Waals surface area contributed by atoms with E-state index in [0.717, 1.165) is 24.8 Å². The summed E-state index contributed by atoms with van der Waals surface area (Å²) in [6.07, 6.45) is 7.81. The Kier molecular flexibility index (Phi) is 9.85. The number of likely N-dealkylation sites (N-methyl/N-ethyl adjacent to an activating group) is 1. The molecule has 0 spiro atoms. The number of benzene rings is 1. The maximum Gasteiger partial charge on any atom is 0.337 e. The minimum atomic E-state index is -1.04. The Hall–Kier alpha value is -1.88. The van der Waals surface area contributed by atoms with Gasteiger partial charge in [-0.1, -0.05) is 52.0 Å². The van der Waals surface area contributed by atoms with E-state index in [1.165, 1.54) is 30.6 Å². The van der Waals surface area contributed by atoms with E-state index in [4.69, 9.17) is 4.74 Å². The zero-order valence-corrected chi connectivity index (χ0v) is 15.7. The quantitative estimate of drug-likeness (QED) is 0.572.